The summed E-state index contributed by atoms with van der Waals surface area (Å²) in [5, 5.41) is 0. The van der Waals surface area contributed by atoms with E-state index in [4.69, 9.17) is 4.74 Å². The van der Waals surface area contributed by atoms with Crippen LogP contribution in [0.25, 0.3) is 0 Å². The molecule has 0 unspecified atom stereocenters. The number of benzene rings is 2. The molecule has 1 saturated heterocycles. The molecule has 0 radical (unpaired) electrons. The Bertz CT molecular complexity index is 943. The molecule has 1 fully saturated rings. The summed E-state index contributed by atoms with van der Waals surface area (Å²) in [5.74, 6) is 0. The number of carbonyl (C=O) groups excluding carboxylic acids is 1. The van der Waals surface area contributed by atoms with Gasteiger partial charge in [0.25, 0.3) is 0 Å². The first kappa shape index (κ1) is 22.7. The number of amides is 1. The van der Waals surface area contributed by atoms with Crippen LogP contribution in [0.3, 0.4) is 0 Å². The first-order valence-electron chi connectivity index (χ1n) is 10.9. The summed E-state index contributed by atoms with van der Waals surface area (Å²) >= 11 is 0. The van der Waals surface area contributed by atoms with Crippen LogP contribution in [0.2, 0.25) is 0 Å². The molecule has 0 bridgehead atoms. The zero-order valence-corrected chi connectivity index (χ0v) is 19.7. The summed E-state index contributed by atoms with van der Waals surface area (Å²) in [6.07, 6.45) is -0.279. The van der Waals surface area contributed by atoms with Gasteiger partial charge in [-0.25, -0.2) is 9.10 Å². The smallest absolute Gasteiger partial charge is 0.410 e. The summed E-state index contributed by atoms with van der Waals surface area (Å²) in [6, 6.07) is 17.1. The topological polar surface area (TPSA) is 79.7 Å². The lowest BCUT2D eigenvalue weighted by atomic mass is 10.2. The van der Waals surface area contributed by atoms with E-state index in [2.05, 4.69) is 4.90 Å². The molecular formula is C23H32N4O4S. The minimum atomic E-state index is -3.23. The molecule has 2 aliphatic rings. The number of carbonyl (C=O) groups is 1. The summed E-state index contributed by atoms with van der Waals surface area (Å²) in [6.45, 7) is 9.36. The summed E-state index contributed by atoms with van der Waals surface area (Å²) < 4.78 is 31.3. The van der Waals surface area contributed by atoms with E-state index in [1.54, 1.807) is 13.5 Å². The number of piperazine rings is 1. The van der Waals surface area contributed by atoms with Crippen LogP contribution in [-0.2, 0) is 4.74 Å². The molecule has 2 N–H and O–H groups in total. The fourth-order valence-corrected chi connectivity index (χ4v) is 5.77. The molecule has 0 atom stereocenters. The van der Waals surface area contributed by atoms with Gasteiger partial charge in [-0.2, -0.15) is 0 Å². The number of anilines is 3. The zero-order chi connectivity index (χ0) is 22.9. The molecule has 2 aliphatic heterocycles. The van der Waals surface area contributed by atoms with Crippen LogP contribution in [0.5, 0.6) is 0 Å². The minimum Gasteiger partial charge on any atom is -0.444 e. The van der Waals surface area contributed by atoms with Gasteiger partial charge < -0.3 is 9.64 Å². The highest BCUT2D eigenvalue weighted by Gasteiger charge is 2.41. The van der Waals surface area contributed by atoms with Crippen molar-refractivity contribution in [1.82, 2.24) is 9.80 Å². The Kier molecular flexibility index (Phi) is 6.26. The number of nitrogens with zero attached hydrogens (tertiary/aromatic N) is 4. The van der Waals surface area contributed by atoms with E-state index in [-0.39, 0.29) is 6.09 Å². The maximum atomic E-state index is 12.3. The lowest BCUT2D eigenvalue weighted by Gasteiger charge is -2.44. The van der Waals surface area contributed by atoms with E-state index in [9.17, 15) is 13.9 Å². The molecule has 0 saturated carbocycles. The van der Waals surface area contributed by atoms with Crippen LogP contribution in [0.15, 0.2) is 54.6 Å². The fourth-order valence-electron chi connectivity index (χ4n) is 4.01. The van der Waals surface area contributed by atoms with Crippen LogP contribution in [0.1, 0.15) is 20.8 Å². The average molecular weight is 461 g/mol. The van der Waals surface area contributed by atoms with Crippen LogP contribution >= 0.6 is 11.0 Å². The number of para-hydroxylation sites is 3. The first-order chi connectivity index (χ1) is 15.2. The summed E-state index contributed by atoms with van der Waals surface area (Å²) in [7, 11) is -3.23. The van der Waals surface area contributed by atoms with E-state index in [1.165, 1.54) is 0 Å². The molecule has 9 heteroatoms. The fraction of sp³-hybridized carbons (Fsp3) is 0.435. The van der Waals surface area contributed by atoms with Gasteiger partial charge in [-0.1, -0.05) is 30.3 Å². The predicted molar refractivity (Wildman–Crippen MR) is 129 cm³/mol. The maximum absolute atomic E-state index is 12.3. The Morgan fingerprint density at radius 2 is 1.50 bits per heavy atom. The van der Waals surface area contributed by atoms with Gasteiger partial charge in [0, 0.05) is 32.7 Å². The highest BCUT2D eigenvalue weighted by molar-refractivity contribution is 8.27. The molecule has 2 aromatic rings. The third-order valence-corrected chi connectivity index (χ3v) is 7.41. The first-order valence-corrected chi connectivity index (χ1v) is 12.3. The Morgan fingerprint density at radius 1 is 0.906 bits per heavy atom. The highest BCUT2D eigenvalue weighted by Crippen LogP contribution is 2.63. The van der Waals surface area contributed by atoms with Crippen molar-refractivity contribution in [3.8, 4) is 0 Å². The number of hydrogen-bond donors (Lipinski definition) is 2. The normalized spacial score (nSPS) is 19.6. The van der Waals surface area contributed by atoms with Crippen LogP contribution in [-0.4, -0.2) is 69.9 Å². The third kappa shape index (κ3) is 4.66. The van der Waals surface area contributed by atoms with Crippen molar-refractivity contribution in [2.45, 2.75) is 26.4 Å². The van der Waals surface area contributed by atoms with Crippen molar-refractivity contribution in [1.29, 1.82) is 0 Å². The van der Waals surface area contributed by atoms with Gasteiger partial charge >= 0.3 is 6.09 Å². The Morgan fingerprint density at radius 3 is 2.12 bits per heavy atom. The Hall–Kier alpha value is -2.46. The standard InChI is InChI=1S/C23H32N4O4S/c1-23(2,3)31-22(28)25-16-13-24(14-17-25)15-18-26-20-11-7-8-12-21(20)27(32(26,29)30)19-9-5-4-6-10-19/h4-12,29-30H,13-18H2,1-3H3. The Labute approximate surface area is 191 Å². The van der Waals surface area contributed by atoms with Crippen LogP contribution in [0, 0.1) is 0 Å². The van der Waals surface area contributed by atoms with Gasteiger partial charge in [0.05, 0.1) is 23.6 Å². The van der Waals surface area contributed by atoms with Gasteiger partial charge in [0.15, 0.2) is 0 Å². The minimum absolute atomic E-state index is 0.279. The van der Waals surface area contributed by atoms with Crippen molar-refractivity contribution in [3.05, 3.63) is 54.6 Å². The van der Waals surface area contributed by atoms with Gasteiger partial charge in [-0.05, 0) is 56.0 Å². The maximum Gasteiger partial charge on any atom is 0.410 e. The van der Waals surface area contributed by atoms with Gasteiger partial charge in [0.1, 0.15) is 5.60 Å². The van der Waals surface area contributed by atoms with Gasteiger partial charge in [-0.3, -0.25) is 18.3 Å². The van der Waals surface area contributed by atoms with Crippen molar-refractivity contribution < 1.29 is 18.6 Å². The van der Waals surface area contributed by atoms with E-state index >= 15 is 0 Å². The summed E-state index contributed by atoms with van der Waals surface area (Å²) in [4.78, 5) is 16.3. The van der Waals surface area contributed by atoms with Gasteiger partial charge in [-0.15, -0.1) is 0 Å². The third-order valence-electron chi connectivity index (χ3n) is 5.54. The second-order valence-corrected chi connectivity index (χ2v) is 10.8. The lowest BCUT2D eigenvalue weighted by molar-refractivity contribution is 0.0148. The molecule has 8 nitrogen and oxygen atoms in total. The molecular weight excluding hydrogens is 428 g/mol. The highest BCUT2D eigenvalue weighted by atomic mass is 32.3. The monoisotopic (exact) mass is 460 g/mol. The lowest BCUT2D eigenvalue weighted by Crippen LogP contribution is -2.51. The van der Waals surface area contributed by atoms with E-state index < -0.39 is 16.6 Å². The van der Waals surface area contributed by atoms with Crippen molar-refractivity contribution in [3.63, 3.8) is 0 Å². The predicted octanol–water partition coefficient (Wildman–Crippen LogP) is 4.78. The molecule has 32 heavy (non-hydrogen) atoms. The molecule has 0 spiro atoms. The number of ether oxygens (including phenoxy) is 1. The number of fused-ring (bicyclic) bond motifs is 1. The van der Waals surface area contributed by atoms with Crippen LogP contribution < -0.4 is 8.61 Å². The molecule has 2 heterocycles. The summed E-state index contributed by atoms with van der Waals surface area (Å²) in [5.41, 5.74) is 1.83. The molecule has 2 aromatic carbocycles. The Balaban J connectivity index is 1.41. The van der Waals surface area contributed by atoms with E-state index in [0.717, 1.165) is 30.2 Å². The quantitative estimate of drug-likeness (QED) is 0.680. The molecule has 0 aliphatic carbocycles. The van der Waals surface area contributed by atoms with E-state index in [1.807, 2.05) is 75.4 Å². The second kappa shape index (κ2) is 8.82. The number of rotatable bonds is 4. The van der Waals surface area contributed by atoms with Crippen molar-refractivity contribution in [2.75, 3.05) is 47.9 Å². The van der Waals surface area contributed by atoms with Crippen LogP contribution in [0.4, 0.5) is 21.9 Å². The largest absolute Gasteiger partial charge is 0.444 e. The molecule has 0 aromatic heterocycles. The molecule has 1 amide bonds. The molecule has 174 valence electrons. The van der Waals surface area contributed by atoms with Gasteiger partial charge in [0.2, 0.25) is 0 Å². The zero-order valence-electron chi connectivity index (χ0n) is 18.8. The van der Waals surface area contributed by atoms with E-state index in [0.29, 0.717) is 26.2 Å². The van der Waals surface area contributed by atoms with Crippen molar-refractivity contribution in [2.24, 2.45) is 0 Å². The molecule has 4 rings (SSSR count). The number of hydrogen-bond acceptors (Lipinski definition) is 7. The average Bonchev–Trinajstić information content (AvgIpc) is 2.97. The second-order valence-electron chi connectivity index (χ2n) is 9.02. The van der Waals surface area contributed by atoms with Crippen molar-refractivity contribution >= 4 is 34.1 Å². The SMILES string of the molecule is CC(C)(C)OC(=O)N1CCN(CCN2c3ccccc3N(c3ccccc3)S2(O)O)CC1.